The SMILES string of the molecule is C=C(CCC(C)=O)c1cc(/C=C/Cc2ccsc2C)co1. The summed E-state index contributed by atoms with van der Waals surface area (Å²) in [6, 6.07) is 4.13. The van der Waals surface area contributed by atoms with Crippen LogP contribution in [0.4, 0.5) is 0 Å². The van der Waals surface area contributed by atoms with Gasteiger partial charge in [-0.1, -0.05) is 18.7 Å². The number of rotatable bonds is 7. The quantitative estimate of drug-likeness (QED) is 0.695. The summed E-state index contributed by atoms with van der Waals surface area (Å²) < 4.78 is 5.51. The van der Waals surface area contributed by atoms with E-state index >= 15 is 0 Å². The molecule has 21 heavy (non-hydrogen) atoms. The van der Waals surface area contributed by atoms with E-state index in [0.29, 0.717) is 12.8 Å². The van der Waals surface area contributed by atoms with E-state index in [1.165, 1.54) is 10.4 Å². The Morgan fingerprint density at radius 1 is 1.43 bits per heavy atom. The van der Waals surface area contributed by atoms with Crippen LogP contribution in [0, 0.1) is 6.92 Å². The van der Waals surface area contributed by atoms with Crippen LogP contribution in [0.1, 0.15) is 41.5 Å². The molecule has 0 unspecified atom stereocenters. The monoisotopic (exact) mass is 300 g/mol. The third-order valence-corrected chi connectivity index (χ3v) is 4.25. The average Bonchev–Trinajstić information content (AvgIpc) is 3.06. The van der Waals surface area contributed by atoms with E-state index < -0.39 is 0 Å². The van der Waals surface area contributed by atoms with Crippen molar-refractivity contribution in [3.8, 4) is 0 Å². The molecule has 2 heterocycles. The average molecular weight is 300 g/mol. The summed E-state index contributed by atoms with van der Waals surface area (Å²) in [6.07, 6.45) is 8.03. The van der Waals surface area contributed by atoms with Gasteiger partial charge in [-0.3, -0.25) is 0 Å². The molecule has 0 saturated carbocycles. The zero-order chi connectivity index (χ0) is 15.2. The van der Waals surface area contributed by atoms with Crippen LogP contribution >= 0.6 is 11.3 Å². The summed E-state index contributed by atoms with van der Waals surface area (Å²) in [5, 5.41) is 2.12. The van der Waals surface area contributed by atoms with Gasteiger partial charge in [-0.2, -0.15) is 0 Å². The van der Waals surface area contributed by atoms with Crippen LogP contribution in [0.2, 0.25) is 0 Å². The minimum Gasteiger partial charge on any atom is -0.464 e. The fraction of sp³-hybridized carbons (Fsp3) is 0.278. The number of ketones is 1. The van der Waals surface area contributed by atoms with E-state index in [0.717, 1.165) is 23.3 Å². The molecule has 2 aromatic rings. The molecule has 0 N–H and O–H groups in total. The summed E-state index contributed by atoms with van der Waals surface area (Å²) in [6.45, 7) is 7.71. The van der Waals surface area contributed by atoms with Gasteiger partial charge < -0.3 is 9.21 Å². The molecular weight excluding hydrogens is 280 g/mol. The van der Waals surface area contributed by atoms with Crippen LogP contribution in [0.5, 0.6) is 0 Å². The lowest BCUT2D eigenvalue weighted by Crippen LogP contribution is -1.90. The zero-order valence-corrected chi connectivity index (χ0v) is 13.3. The van der Waals surface area contributed by atoms with Crippen LogP contribution in [-0.2, 0) is 11.2 Å². The number of furan rings is 1. The smallest absolute Gasteiger partial charge is 0.130 e. The second kappa shape index (κ2) is 7.23. The first-order chi connectivity index (χ1) is 10.1. The third-order valence-electron chi connectivity index (χ3n) is 3.36. The third kappa shape index (κ3) is 4.57. The van der Waals surface area contributed by atoms with Gasteiger partial charge in [0.15, 0.2) is 0 Å². The van der Waals surface area contributed by atoms with Crippen LogP contribution in [-0.4, -0.2) is 5.78 Å². The standard InChI is InChI=1S/C18H20O2S/c1-13(7-8-14(2)19)18-11-16(12-20-18)5-4-6-17-9-10-21-15(17)3/h4-5,9-12H,1,6-8H2,2-3H3/b5-4+. The van der Waals surface area contributed by atoms with Gasteiger partial charge in [0.1, 0.15) is 11.5 Å². The molecule has 0 aliphatic carbocycles. The van der Waals surface area contributed by atoms with Crippen molar-refractivity contribution < 1.29 is 9.21 Å². The number of thiophene rings is 1. The molecule has 0 bridgehead atoms. The molecule has 0 spiro atoms. The van der Waals surface area contributed by atoms with E-state index in [1.807, 2.05) is 6.07 Å². The van der Waals surface area contributed by atoms with Gasteiger partial charge in [-0.15, -0.1) is 11.3 Å². The van der Waals surface area contributed by atoms with Gasteiger partial charge in [0, 0.05) is 16.9 Å². The number of carbonyl (C=O) groups excluding carboxylic acids is 1. The lowest BCUT2D eigenvalue weighted by molar-refractivity contribution is -0.116. The Kier molecular flexibility index (Phi) is 5.34. The highest BCUT2D eigenvalue weighted by Gasteiger charge is 2.05. The van der Waals surface area contributed by atoms with Crippen molar-refractivity contribution in [1.29, 1.82) is 0 Å². The number of aryl methyl sites for hydroxylation is 1. The van der Waals surface area contributed by atoms with Crippen molar-refractivity contribution >= 4 is 28.8 Å². The molecule has 0 amide bonds. The first-order valence-corrected chi connectivity index (χ1v) is 7.90. The minimum absolute atomic E-state index is 0.175. The Morgan fingerprint density at radius 3 is 2.90 bits per heavy atom. The van der Waals surface area contributed by atoms with Gasteiger partial charge in [0.25, 0.3) is 0 Å². The number of Topliss-reactive ketones (excluding diaryl/α,β-unsaturated/α-hetero) is 1. The van der Waals surface area contributed by atoms with Gasteiger partial charge in [-0.05, 0) is 55.3 Å². The van der Waals surface area contributed by atoms with E-state index in [2.05, 4.69) is 37.1 Å². The Bertz CT molecular complexity index is 658. The molecule has 0 fully saturated rings. The second-order valence-electron chi connectivity index (χ2n) is 5.16. The van der Waals surface area contributed by atoms with E-state index in [1.54, 1.807) is 24.5 Å². The summed E-state index contributed by atoms with van der Waals surface area (Å²) in [7, 11) is 0. The first-order valence-electron chi connectivity index (χ1n) is 7.02. The largest absolute Gasteiger partial charge is 0.464 e. The van der Waals surface area contributed by atoms with Crippen molar-refractivity contribution in [2.24, 2.45) is 0 Å². The highest BCUT2D eigenvalue weighted by atomic mass is 32.1. The molecule has 0 aromatic carbocycles. The topological polar surface area (TPSA) is 30.2 Å². The molecule has 0 radical (unpaired) electrons. The molecule has 2 nitrogen and oxygen atoms in total. The lowest BCUT2D eigenvalue weighted by atomic mass is 10.1. The highest BCUT2D eigenvalue weighted by molar-refractivity contribution is 7.10. The van der Waals surface area contributed by atoms with Crippen LogP contribution < -0.4 is 0 Å². The molecule has 0 aliphatic heterocycles. The van der Waals surface area contributed by atoms with Crippen molar-refractivity contribution in [2.45, 2.75) is 33.1 Å². The van der Waals surface area contributed by atoms with E-state index in [-0.39, 0.29) is 5.78 Å². The Hall–Kier alpha value is -1.87. The number of hydrogen-bond acceptors (Lipinski definition) is 3. The summed E-state index contributed by atoms with van der Waals surface area (Å²) in [5.41, 5.74) is 3.27. The van der Waals surface area contributed by atoms with Crippen molar-refractivity contribution in [1.82, 2.24) is 0 Å². The Balaban J connectivity index is 1.92. The molecule has 0 atom stereocenters. The highest BCUT2D eigenvalue weighted by Crippen LogP contribution is 2.22. The Labute approximate surface area is 129 Å². The number of carbonyl (C=O) groups is 1. The van der Waals surface area contributed by atoms with Crippen molar-refractivity contribution in [2.75, 3.05) is 0 Å². The van der Waals surface area contributed by atoms with E-state index in [4.69, 9.17) is 4.42 Å². The summed E-state index contributed by atoms with van der Waals surface area (Å²) in [4.78, 5) is 12.3. The second-order valence-corrected chi connectivity index (χ2v) is 6.28. The minimum atomic E-state index is 0.175. The molecule has 0 saturated heterocycles. The summed E-state index contributed by atoms with van der Waals surface area (Å²) in [5.74, 6) is 0.941. The zero-order valence-electron chi connectivity index (χ0n) is 12.5. The van der Waals surface area contributed by atoms with Gasteiger partial charge in [0.05, 0.1) is 6.26 Å². The first kappa shape index (κ1) is 15.5. The maximum Gasteiger partial charge on any atom is 0.130 e. The molecule has 2 aromatic heterocycles. The van der Waals surface area contributed by atoms with Crippen LogP contribution in [0.3, 0.4) is 0 Å². The molecule has 2 rings (SSSR count). The normalized spacial score (nSPS) is 11.1. The molecule has 3 heteroatoms. The van der Waals surface area contributed by atoms with Crippen LogP contribution in [0.25, 0.3) is 11.6 Å². The maximum atomic E-state index is 11.0. The predicted molar refractivity (Wildman–Crippen MR) is 89.5 cm³/mol. The number of hydrogen-bond donors (Lipinski definition) is 0. The van der Waals surface area contributed by atoms with Crippen molar-refractivity contribution in [3.05, 3.63) is 58.2 Å². The molecule has 0 aliphatic rings. The van der Waals surface area contributed by atoms with Gasteiger partial charge >= 0.3 is 0 Å². The van der Waals surface area contributed by atoms with Crippen molar-refractivity contribution in [3.63, 3.8) is 0 Å². The number of allylic oxidation sites excluding steroid dienone is 2. The predicted octanol–water partition coefficient (Wildman–Crippen LogP) is 5.29. The lowest BCUT2D eigenvalue weighted by Gasteiger charge is -1.98. The Morgan fingerprint density at radius 2 is 2.24 bits per heavy atom. The maximum absolute atomic E-state index is 11.0. The molecular formula is C18H20O2S. The fourth-order valence-corrected chi connectivity index (χ4v) is 2.76. The molecule has 110 valence electrons. The summed E-state index contributed by atoms with van der Waals surface area (Å²) >= 11 is 1.77. The van der Waals surface area contributed by atoms with E-state index in [9.17, 15) is 4.79 Å². The fourth-order valence-electron chi connectivity index (χ4n) is 2.02. The van der Waals surface area contributed by atoms with Gasteiger partial charge in [0.2, 0.25) is 0 Å². The van der Waals surface area contributed by atoms with Crippen LogP contribution in [0.15, 0.2) is 40.8 Å². The van der Waals surface area contributed by atoms with Gasteiger partial charge in [-0.25, -0.2) is 0 Å².